The van der Waals surface area contributed by atoms with E-state index in [1.54, 1.807) is 0 Å². The standard InChI is InChI=1S/C14H16FNO2/c1-2-3-8-16-14(18)12-7-6-11(5-4-9-17)13(15)10-12/h6-7,10,17H,2-3,8-9H2,1H3,(H,16,18). The van der Waals surface area contributed by atoms with E-state index in [1.807, 2.05) is 6.92 Å². The topological polar surface area (TPSA) is 49.3 Å². The van der Waals surface area contributed by atoms with E-state index in [0.717, 1.165) is 18.9 Å². The third-order valence-electron chi connectivity index (χ3n) is 2.35. The van der Waals surface area contributed by atoms with Gasteiger partial charge < -0.3 is 10.4 Å². The van der Waals surface area contributed by atoms with Crippen molar-refractivity contribution in [1.82, 2.24) is 5.32 Å². The van der Waals surface area contributed by atoms with Gasteiger partial charge in [0, 0.05) is 12.1 Å². The van der Waals surface area contributed by atoms with Gasteiger partial charge in [0.2, 0.25) is 0 Å². The SMILES string of the molecule is CCCCNC(=O)c1ccc(C#CCO)c(F)c1. The molecule has 1 amide bonds. The van der Waals surface area contributed by atoms with Crippen molar-refractivity contribution in [3.63, 3.8) is 0 Å². The Kier molecular flexibility index (Phi) is 5.89. The van der Waals surface area contributed by atoms with Crippen molar-refractivity contribution in [1.29, 1.82) is 0 Å². The minimum absolute atomic E-state index is 0.175. The van der Waals surface area contributed by atoms with Crippen LogP contribution in [0.3, 0.4) is 0 Å². The highest BCUT2D eigenvalue weighted by Gasteiger charge is 2.08. The molecule has 0 saturated heterocycles. The third kappa shape index (κ3) is 4.19. The molecule has 1 aromatic carbocycles. The number of nitrogens with one attached hydrogen (secondary N) is 1. The van der Waals surface area contributed by atoms with E-state index >= 15 is 0 Å². The Labute approximate surface area is 106 Å². The van der Waals surface area contributed by atoms with Gasteiger partial charge in [-0.2, -0.15) is 0 Å². The fourth-order valence-corrected chi connectivity index (χ4v) is 1.37. The average molecular weight is 249 g/mol. The monoisotopic (exact) mass is 249 g/mol. The smallest absolute Gasteiger partial charge is 0.251 e. The summed E-state index contributed by atoms with van der Waals surface area (Å²) in [5.74, 6) is 3.99. The molecule has 4 heteroatoms. The van der Waals surface area contributed by atoms with Crippen LogP contribution in [-0.4, -0.2) is 24.2 Å². The van der Waals surface area contributed by atoms with Crippen molar-refractivity contribution < 1.29 is 14.3 Å². The summed E-state index contributed by atoms with van der Waals surface area (Å²) < 4.78 is 13.6. The molecule has 0 spiro atoms. The van der Waals surface area contributed by atoms with E-state index in [4.69, 9.17) is 5.11 Å². The highest BCUT2D eigenvalue weighted by Crippen LogP contribution is 2.09. The zero-order valence-electron chi connectivity index (χ0n) is 10.3. The van der Waals surface area contributed by atoms with Crippen molar-refractivity contribution >= 4 is 5.91 Å². The van der Waals surface area contributed by atoms with Crippen LogP contribution in [-0.2, 0) is 0 Å². The number of unbranched alkanes of at least 4 members (excludes halogenated alkanes) is 1. The van der Waals surface area contributed by atoms with Crippen LogP contribution in [0.15, 0.2) is 18.2 Å². The van der Waals surface area contributed by atoms with Crippen LogP contribution >= 0.6 is 0 Å². The predicted molar refractivity (Wildman–Crippen MR) is 67.6 cm³/mol. The second kappa shape index (κ2) is 7.46. The number of hydrogen-bond acceptors (Lipinski definition) is 2. The lowest BCUT2D eigenvalue weighted by Gasteiger charge is -2.04. The van der Waals surface area contributed by atoms with Gasteiger partial charge >= 0.3 is 0 Å². The van der Waals surface area contributed by atoms with E-state index in [2.05, 4.69) is 17.2 Å². The minimum atomic E-state index is -0.556. The summed E-state index contributed by atoms with van der Waals surface area (Å²) in [6, 6.07) is 4.11. The molecule has 0 atom stereocenters. The Morgan fingerprint density at radius 1 is 1.50 bits per heavy atom. The van der Waals surface area contributed by atoms with E-state index in [-0.39, 0.29) is 23.6 Å². The lowest BCUT2D eigenvalue weighted by molar-refractivity contribution is 0.0952. The van der Waals surface area contributed by atoms with Crippen LogP contribution in [0.1, 0.15) is 35.7 Å². The molecule has 0 aromatic heterocycles. The lowest BCUT2D eigenvalue weighted by atomic mass is 10.1. The number of hydrogen-bond donors (Lipinski definition) is 2. The minimum Gasteiger partial charge on any atom is -0.384 e. The highest BCUT2D eigenvalue weighted by atomic mass is 19.1. The van der Waals surface area contributed by atoms with Gasteiger partial charge in [-0.1, -0.05) is 25.2 Å². The number of carbonyl (C=O) groups is 1. The van der Waals surface area contributed by atoms with Gasteiger partial charge in [-0.25, -0.2) is 4.39 Å². The van der Waals surface area contributed by atoms with Crippen LogP contribution in [0.2, 0.25) is 0 Å². The molecule has 0 aliphatic heterocycles. The quantitative estimate of drug-likeness (QED) is 0.630. The normalized spacial score (nSPS) is 9.50. The third-order valence-corrected chi connectivity index (χ3v) is 2.35. The first-order chi connectivity index (χ1) is 8.69. The van der Waals surface area contributed by atoms with Crippen LogP contribution in [0, 0.1) is 17.7 Å². The van der Waals surface area contributed by atoms with Crippen molar-refractivity contribution in [2.24, 2.45) is 0 Å². The van der Waals surface area contributed by atoms with E-state index in [1.165, 1.54) is 12.1 Å². The Morgan fingerprint density at radius 3 is 2.89 bits per heavy atom. The molecule has 1 aromatic rings. The van der Waals surface area contributed by atoms with Gasteiger partial charge in [0.05, 0.1) is 5.56 Å². The molecule has 0 heterocycles. The molecule has 1 rings (SSSR count). The summed E-state index contributed by atoms with van der Waals surface area (Å²) in [6.07, 6.45) is 1.89. The first kappa shape index (κ1) is 14.2. The highest BCUT2D eigenvalue weighted by molar-refractivity contribution is 5.94. The number of benzene rings is 1. The van der Waals surface area contributed by atoms with E-state index < -0.39 is 5.82 Å². The summed E-state index contributed by atoms with van der Waals surface area (Å²) in [5, 5.41) is 11.2. The Bertz CT molecular complexity index is 474. The maximum absolute atomic E-state index is 13.6. The van der Waals surface area contributed by atoms with Crippen molar-refractivity contribution in [2.75, 3.05) is 13.2 Å². The molecular formula is C14H16FNO2. The predicted octanol–water partition coefficient (Wildman–Crippen LogP) is 1.70. The van der Waals surface area contributed by atoms with Crippen LogP contribution < -0.4 is 5.32 Å². The summed E-state index contributed by atoms with van der Waals surface area (Å²) >= 11 is 0. The van der Waals surface area contributed by atoms with Crippen LogP contribution in [0.5, 0.6) is 0 Å². The van der Waals surface area contributed by atoms with Gasteiger partial charge in [-0.3, -0.25) is 4.79 Å². The number of aliphatic hydroxyl groups is 1. The van der Waals surface area contributed by atoms with Gasteiger partial charge in [0.1, 0.15) is 12.4 Å². The lowest BCUT2D eigenvalue weighted by Crippen LogP contribution is -2.24. The van der Waals surface area contributed by atoms with Gasteiger partial charge in [0.25, 0.3) is 5.91 Å². The fraction of sp³-hybridized carbons (Fsp3) is 0.357. The first-order valence-corrected chi connectivity index (χ1v) is 5.86. The number of carbonyl (C=O) groups excluding carboxylic acids is 1. The Hall–Kier alpha value is -1.86. The maximum atomic E-state index is 13.6. The number of amides is 1. The molecule has 3 nitrogen and oxygen atoms in total. The number of rotatable bonds is 4. The Balaban J connectivity index is 2.74. The molecule has 0 saturated carbocycles. The second-order valence-electron chi connectivity index (χ2n) is 3.76. The molecule has 0 aliphatic rings. The summed E-state index contributed by atoms with van der Waals surface area (Å²) in [6.45, 7) is 2.29. The molecule has 96 valence electrons. The number of halogens is 1. The number of aliphatic hydroxyl groups excluding tert-OH is 1. The molecular weight excluding hydrogens is 233 g/mol. The van der Waals surface area contributed by atoms with Crippen molar-refractivity contribution in [2.45, 2.75) is 19.8 Å². The molecule has 0 bridgehead atoms. The largest absolute Gasteiger partial charge is 0.384 e. The molecule has 18 heavy (non-hydrogen) atoms. The summed E-state index contributed by atoms with van der Waals surface area (Å²) in [7, 11) is 0. The molecule has 0 fully saturated rings. The molecule has 0 radical (unpaired) electrons. The van der Waals surface area contributed by atoms with Gasteiger partial charge in [-0.15, -0.1) is 0 Å². The van der Waals surface area contributed by atoms with Crippen LogP contribution in [0.4, 0.5) is 4.39 Å². The molecule has 0 unspecified atom stereocenters. The van der Waals surface area contributed by atoms with Crippen molar-refractivity contribution in [3.8, 4) is 11.8 Å². The average Bonchev–Trinajstić information content (AvgIpc) is 2.37. The second-order valence-corrected chi connectivity index (χ2v) is 3.76. The van der Waals surface area contributed by atoms with Gasteiger partial charge in [-0.05, 0) is 24.6 Å². The Morgan fingerprint density at radius 2 is 2.28 bits per heavy atom. The molecule has 0 aliphatic carbocycles. The van der Waals surface area contributed by atoms with Crippen molar-refractivity contribution in [3.05, 3.63) is 35.1 Å². The summed E-state index contributed by atoms with van der Waals surface area (Å²) in [5.41, 5.74) is 0.451. The fourth-order valence-electron chi connectivity index (χ4n) is 1.37. The van der Waals surface area contributed by atoms with E-state index in [9.17, 15) is 9.18 Å². The maximum Gasteiger partial charge on any atom is 0.251 e. The van der Waals surface area contributed by atoms with Crippen LogP contribution in [0.25, 0.3) is 0 Å². The van der Waals surface area contributed by atoms with E-state index in [0.29, 0.717) is 6.54 Å². The zero-order chi connectivity index (χ0) is 13.4. The van der Waals surface area contributed by atoms with Gasteiger partial charge in [0.15, 0.2) is 0 Å². The summed E-state index contributed by atoms with van der Waals surface area (Å²) in [4.78, 5) is 11.6. The molecule has 2 N–H and O–H groups in total. The first-order valence-electron chi connectivity index (χ1n) is 5.86. The zero-order valence-corrected chi connectivity index (χ0v) is 10.3.